The Hall–Kier alpha value is -1.62. The highest BCUT2D eigenvalue weighted by molar-refractivity contribution is 5.95. The zero-order valence-electron chi connectivity index (χ0n) is 11.6. The van der Waals surface area contributed by atoms with Crippen molar-refractivity contribution in [2.45, 2.75) is 33.2 Å². The minimum Gasteiger partial charge on any atom is -0.481 e. The Kier molecular flexibility index (Phi) is 3.96. The molecule has 0 aromatic carbocycles. The molecule has 0 bridgehead atoms. The molecule has 0 radical (unpaired) electrons. The molecule has 0 saturated heterocycles. The number of methoxy groups -OCH3 is 1. The fourth-order valence-corrected chi connectivity index (χ4v) is 1.15. The van der Waals surface area contributed by atoms with Gasteiger partial charge in [-0.2, -0.15) is 0 Å². The van der Waals surface area contributed by atoms with E-state index in [2.05, 4.69) is 10.3 Å². The van der Waals surface area contributed by atoms with Crippen molar-refractivity contribution < 1.29 is 9.53 Å². The van der Waals surface area contributed by atoms with Gasteiger partial charge in [0, 0.05) is 11.6 Å². The van der Waals surface area contributed by atoms with Gasteiger partial charge in [-0.1, -0.05) is 0 Å². The van der Waals surface area contributed by atoms with E-state index in [0.717, 1.165) is 0 Å². The van der Waals surface area contributed by atoms with Crippen LogP contribution in [0, 0.1) is 5.41 Å². The number of anilines is 1. The number of nitrogens with two attached hydrogens (primary N) is 1. The van der Waals surface area contributed by atoms with Crippen molar-refractivity contribution >= 4 is 11.6 Å². The van der Waals surface area contributed by atoms with Crippen molar-refractivity contribution in [2.75, 3.05) is 12.4 Å². The molecule has 18 heavy (non-hydrogen) atoms. The van der Waals surface area contributed by atoms with Gasteiger partial charge in [0.25, 0.3) is 0 Å². The predicted octanol–water partition coefficient (Wildman–Crippen LogP) is 1.79. The van der Waals surface area contributed by atoms with Gasteiger partial charge in [0.2, 0.25) is 11.8 Å². The molecule has 0 aliphatic heterocycles. The van der Waals surface area contributed by atoms with Crippen LogP contribution in [-0.2, 0) is 4.79 Å². The number of carbonyl (C=O) groups is 1. The van der Waals surface area contributed by atoms with E-state index in [4.69, 9.17) is 10.5 Å². The minimum absolute atomic E-state index is 0.137. The molecule has 0 unspecified atom stereocenters. The molecule has 3 N–H and O–H groups in total. The van der Waals surface area contributed by atoms with Crippen LogP contribution in [0.25, 0.3) is 0 Å². The Bertz CT molecular complexity index is 419. The summed E-state index contributed by atoms with van der Waals surface area (Å²) < 4.78 is 4.95. The molecule has 0 spiro atoms. The lowest BCUT2D eigenvalue weighted by Gasteiger charge is -2.36. The van der Waals surface area contributed by atoms with Gasteiger partial charge in [-0.3, -0.25) is 4.79 Å². The summed E-state index contributed by atoms with van der Waals surface area (Å²) in [5.74, 6) is 0.369. The molecule has 1 rings (SSSR count). The molecular formula is C13H21N3O2. The first-order chi connectivity index (χ1) is 8.18. The number of carbonyl (C=O) groups excluding carboxylic acids is 1. The first-order valence-corrected chi connectivity index (χ1v) is 5.79. The van der Waals surface area contributed by atoms with Gasteiger partial charge in [-0.25, -0.2) is 4.98 Å². The zero-order valence-corrected chi connectivity index (χ0v) is 11.6. The predicted molar refractivity (Wildman–Crippen MR) is 71.5 cm³/mol. The smallest absolute Gasteiger partial charge is 0.231 e. The Morgan fingerprint density at radius 2 is 1.94 bits per heavy atom. The van der Waals surface area contributed by atoms with Crippen LogP contribution in [0.2, 0.25) is 0 Å². The molecule has 0 atom stereocenters. The molecule has 0 aliphatic carbocycles. The lowest BCUT2D eigenvalue weighted by Crippen LogP contribution is -2.53. The number of rotatable bonds is 4. The fraction of sp³-hybridized carbons (Fsp3) is 0.538. The molecule has 1 heterocycles. The van der Waals surface area contributed by atoms with Crippen molar-refractivity contribution in [1.82, 2.24) is 4.98 Å². The maximum absolute atomic E-state index is 12.2. The molecule has 100 valence electrons. The van der Waals surface area contributed by atoms with Gasteiger partial charge < -0.3 is 15.8 Å². The molecule has 1 amide bonds. The van der Waals surface area contributed by atoms with Crippen molar-refractivity contribution in [1.29, 1.82) is 0 Å². The van der Waals surface area contributed by atoms with Gasteiger partial charge in [0.15, 0.2) is 0 Å². The summed E-state index contributed by atoms with van der Waals surface area (Å²) in [4.78, 5) is 16.2. The van der Waals surface area contributed by atoms with Crippen LogP contribution in [0.1, 0.15) is 27.7 Å². The Morgan fingerprint density at radius 1 is 1.33 bits per heavy atom. The molecule has 0 aliphatic rings. The third kappa shape index (κ3) is 2.98. The summed E-state index contributed by atoms with van der Waals surface area (Å²) in [7, 11) is 1.54. The maximum Gasteiger partial charge on any atom is 0.231 e. The van der Waals surface area contributed by atoms with E-state index in [0.29, 0.717) is 11.6 Å². The van der Waals surface area contributed by atoms with Crippen LogP contribution in [-0.4, -0.2) is 23.5 Å². The Labute approximate surface area is 108 Å². The molecule has 1 aromatic heterocycles. The molecule has 0 fully saturated rings. The van der Waals surface area contributed by atoms with Gasteiger partial charge in [0.1, 0.15) is 0 Å². The summed E-state index contributed by atoms with van der Waals surface area (Å²) >= 11 is 0. The standard InChI is InChI=1S/C13H21N3O2/c1-12(2,13(3,4)14)11(17)16-9-6-7-10(18-5)15-8-9/h6-8H,14H2,1-5H3,(H,16,17). The topological polar surface area (TPSA) is 77.2 Å². The van der Waals surface area contributed by atoms with E-state index >= 15 is 0 Å². The third-order valence-corrected chi connectivity index (χ3v) is 3.38. The monoisotopic (exact) mass is 251 g/mol. The molecule has 0 saturated carbocycles. The molecule has 1 aromatic rings. The SMILES string of the molecule is COc1ccc(NC(=O)C(C)(C)C(C)(C)N)cn1. The van der Waals surface area contributed by atoms with E-state index in [1.54, 1.807) is 25.4 Å². The second kappa shape index (κ2) is 4.94. The quantitative estimate of drug-likeness (QED) is 0.855. The van der Waals surface area contributed by atoms with Crippen LogP contribution in [0.15, 0.2) is 18.3 Å². The number of hydrogen-bond acceptors (Lipinski definition) is 4. The lowest BCUT2D eigenvalue weighted by atomic mass is 9.74. The zero-order chi connectivity index (χ0) is 14.0. The highest BCUT2D eigenvalue weighted by Crippen LogP contribution is 2.29. The summed E-state index contributed by atoms with van der Waals surface area (Å²) in [6.07, 6.45) is 1.55. The highest BCUT2D eigenvalue weighted by atomic mass is 16.5. The lowest BCUT2D eigenvalue weighted by molar-refractivity contribution is -0.126. The van der Waals surface area contributed by atoms with E-state index in [1.165, 1.54) is 0 Å². The van der Waals surface area contributed by atoms with E-state index in [9.17, 15) is 4.79 Å². The van der Waals surface area contributed by atoms with Gasteiger partial charge >= 0.3 is 0 Å². The number of ether oxygens (including phenoxy) is 1. The summed E-state index contributed by atoms with van der Waals surface area (Å²) in [6, 6.07) is 3.43. The number of nitrogens with one attached hydrogen (secondary N) is 1. The first-order valence-electron chi connectivity index (χ1n) is 5.79. The normalized spacial score (nSPS) is 12.1. The molecular weight excluding hydrogens is 230 g/mol. The van der Waals surface area contributed by atoms with Crippen molar-refractivity contribution in [3.05, 3.63) is 18.3 Å². The van der Waals surface area contributed by atoms with Crippen LogP contribution < -0.4 is 15.8 Å². The number of pyridine rings is 1. The third-order valence-electron chi connectivity index (χ3n) is 3.38. The average molecular weight is 251 g/mol. The highest BCUT2D eigenvalue weighted by Gasteiger charge is 2.40. The molecule has 5 heteroatoms. The van der Waals surface area contributed by atoms with Gasteiger partial charge in [0.05, 0.1) is 24.4 Å². The van der Waals surface area contributed by atoms with E-state index < -0.39 is 11.0 Å². The number of hydrogen-bond donors (Lipinski definition) is 2. The number of nitrogens with zero attached hydrogens (tertiary/aromatic N) is 1. The Morgan fingerprint density at radius 3 is 2.33 bits per heavy atom. The molecule has 5 nitrogen and oxygen atoms in total. The first kappa shape index (κ1) is 14.4. The minimum atomic E-state index is -0.688. The van der Waals surface area contributed by atoms with E-state index in [1.807, 2.05) is 27.7 Å². The summed E-state index contributed by atoms with van der Waals surface area (Å²) in [5.41, 5.74) is 5.34. The Balaban J connectivity index is 2.81. The second-order valence-corrected chi connectivity index (χ2v) is 5.39. The second-order valence-electron chi connectivity index (χ2n) is 5.39. The van der Waals surface area contributed by atoms with Crippen LogP contribution in [0.4, 0.5) is 5.69 Å². The largest absolute Gasteiger partial charge is 0.481 e. The fourth-order valence-electron chi connectivity index (χ4n) is 1.15. The maximum atomic E-state index is 12.2. The van der Waals surface area contributed by atoms with Crippen LogP contribution in [0.5, 0.6) is 5.88 Å². The van der Waals surface area contributed by atoms with Crippen molar-refractivity contribution in [2.24, 2.45) is 11.1 Å². The van der Waals surface area contributed by atoms with Gasteiger partial charge in [-0.15, -0.1) is 0 Å². The van der Waals surface area contributed by atoms with E-state index in [-0.39, 0.29) is 5.91 Å². The average Bonchev–Trinajstić information content (AvgIpc) is 2.28. The van der Waals surface area contributed by atoms with Crippen LogP contribution in [0.3, 0.4) is 0 Å². The van der Waals surface area contributed by atoms with Crippen molar-refractivity contribution in [3.63, 3.8) is 0 Å². The number of aromatic nitrogens is 1. The summed E-state index contributed by atoms with van der Waals surface area (Å²) in [6.45, 7) is 7.30. The summed E-state index contributed by atoms with van der Waals surface area (Å²) in [5, 5.41) is 2.80. The van der Waals surface area contributed by atoms with Gasteiger partial charge in [-0.05, 0) is 33.8 Å². The van der Waals surface area contributed by atoms with Crippen molar-refractivity contribution in [3.8, 4) is 5.88 Å². The number of amides is 1. The van der Waals surface area contributed by atoms with Crippen LogP contribution >= 0.6 is 0 Å².